The molecular formula is C16H18N2O2. The van der Waals surface area contributed by atoms with Crippen LogP contribution >= 0.6 is 0 Å². The number of rotatable bonds is 4. The minimum atomic E-state index is -0.974. The smallest absolute Gasteiger partial charge is 0.339 e. The van der Waals surface area contributed by atoms with Crippen LogP contribution in [0, 0.1) is 6.92 Å². The Labute approximate surface area is 118 Å². The van der Waals surface area contributed by atoms with Gasteiger partial charge < -0.3 is 10.4 Å². The van der Waals surface area contributed by atoms with E-state index < -0.39 is 5.97 Å². The first kappa shape index (κ1) is 14.1. The van der Waals surface area contributed by atoms with Crippen LogP contribution in [0.1, 0.15) is 28.4 Å². The highest BCUT2D eigenvalue weighted by atomic mass is 16.4. The first-order chi connectivity index (χ1) is 9.56. The number of hydrogen-bond acceptors (Lipinski definition) is 3. The van der Waals surface area contributed by atoms with Crippen molar-refractivity contribution in [2.75, 3.05) is 12.4 Å². The molecule has 2 aromatic rings. The maximum absolute atomic E-state index is 11.2. The van der Waals surface area contributed by atoms with Crippen LogP contribution in [-0.2, 0) is 6.42 Å². The molecule has 20 heavy (non-hydrogen) atoms. The number of pyridine rings is 1. The fourth-order valence-corrected chi connectivity index (χ4v) is 2.16. The summed E-state index contributed by atoms with van der Waals surface area (Å²) in [5, 5.41) is 12.0. The number of carboxylic acid groups (broad SMARTS) is 1. The minimum absolute atomic E-state index is 0.193. The second-order valence-electron chi connectivity index (χ2n) is 4.66. The summed E-state index contributed by atoms with van der Waals surface area (Å²) in [5.41, 5.74) is 4.11. The molecule has 0 spiro atoms. The van der Waals surface area contributed by atoms with E-state index in [1.165, 1.54) is 5.56 Å². The molecule has 1 aromatic carbocycles. The molecule has 0 radical (unpaired) electrons. The molecule has 0 aliphatic rings. The van der Waals surface area contributed by atoms with Crippen LogP contribution in [0.25, 0.3) is 11.3 Å². The Kier molecular flexibility index (Phi) is 4.03. The van der Waals surface area contributed by atoms with Crippen molar-refractivity contribution in [3.05, 3.63) is 47.0 Å². The van der Waals surface area contributed by atoms with Crippen LogP contribution in [0.4, 0.5) is 5.82 Å². The van der Waals surface area contributed by atoms with Crippen molar-refractivity contribution >= 4 is 11.8 Å². The molecule has 0 atom stereocenters. The third-order valence-corrected chi connectivity index (χ3v) is 3.32. The van der Waals surface area contributed by atoms with Gasteiger partial charge in [0.1, 0.15) is 11.4 Å². The van der Waals surface area contributed by atoms with Crippen molar-refractivity contribution < 1.29 is 9.90 Å². The summed E-state index contributed by atoms with van der Waals surface area (Å²) >= 11 is 0. The summed E-state index contributed by atoms with van der Waals surface area (Å²) in [6.07, 6.45) is 0.992. The number of carbonyl (C=O) groups is 1. The summed E-state index contributed by atoms with van der Waals surface area (Å²) < 4.78 is 0. The molecule has 2 N–H and O–H groups in total. The molecule has 4 heteroatoms. The van der Waals surface area contributed by atoms with Crippen LogP contribution in [0.2, 0.25) is 0 Å². The van der Waals surface area contributed by atoms with E-state index >= 15 is 0 Å². The number of carboxylic acids is 1. The molecule has 0 bridgehead atoms. The van der Waals surface area contributed by atoms with Crippen molar-refractivity contribution in [3.63, 3.8) is 0 Å². The third kappa shape index (κ3) is 2.64. The van der Waals surface area contributed by atoms with Gasteiger partial charge >= 0.3 is 5.97 Å². The highest BCUT2D eigenvalue weighted by molar-refractivity contribution is 5.94. The molecule has 0 aliphatic heterocycles. The molecule has 0 fully saturated rings. The highest BCUT2D eigenvalue weighted by Gasteiger charge is 2.14. The summed E-state index contributed by atoms with van der Waals surface area (Å²) in [4.78, 5) is 15.6. The molecule has 0 saturated heterocycles. The van der Waals surface area contributed by atoms with Crippen LogP contribution < -0.4 is 5.32 Å². The Morgan fingerprint density at radius 1 is 1.30 bits per heavy atom. The lowest BCUT2D eigenvalue weighted by Crippen LogP contribution is -2.07. The summed E-state index contributed by atoms with van der Waals surface area (Å²) in [6.45, 7) is 3.99. The second kappa shape index (κ2) is 5.74. The van der Waals surface area contributed by atoms with E-state index in [0.29, 0.717) is 5.82 Å². The standard InChI is InChI=1S/C16H18N2O2/c1-4-11-5-7-12(8-6-11)14-10(2)9-13(16(19)20)15(17-3)18-14/h5-9H,4H2,1-3H3,(H,17,18)(H,19,20). The summed E-state index contributed by atoms with van der Waals surface area (Å²) in [6, 6.07) is 9.84. The topological polar surface area (TPSA) is 62.2 Å². The molecule has 0 aliphatic carbocycles. The number of aromatic carboxylic acids is 1. The third-order valence-electron chi connectivity index (χ3n) is 3.32. The first-order valence-electron chi connectivity index (χ1n) is 6.58. The van der Waals surface area contributed by atoms with Crippen LogP contribution in [0.15, 0.2) is 30.3 Å². The van der Waals surface area contributed by atoms with Crippen LogP contribution in [-0.4, -0.2) is 23.1 Å². The lowest BCUT2D eigenvalue weighted by atomic mass is 10.0. The number of benzene rings is 1. The molecule has 0 amide bonds. The van der Waals surface area contributed by atoms with E-state index in [1.807, 2.05) is 19.1 Å². The Hall–Kier alpha value is -2.36. The fourth-order valence-electron chi connectivity index (χ4n) is 2.16. The molecule has 0 saturated carbocycles. The quantitative estimate of drug-likeness (QED) is 0.894. The predicted molar refractivity (Wildman–Crippen MR) is 80.3 cm³/mol. The van der Waals surface area contributed by atoms with Crippen LogP contribution in [0.3, 0.4) is 0 Å². The predicted octanol–water partition coefficient (Wildman–Crippen LogP) is 3.36. The van der Waals surface area contributed by atoms with E-state index in [0.717, 1.165) is 23.2 Å². The zero-order chi connectivity index (χ0) is 14.7. The molecule has 104 valence electrons. The minimum Gasteiger partial charge on any atom is -0.478 e. The zero-order valence-electron chi connectivity index (χ0n) is 11.9. The van der Waals surface area contributed by atoms with Gasteiger partial charge in [0.2, 0.25) is 0 Å². The largest absolute Gasteiger partial charge is 0.478 e. The lowest BCUT2D eigenvalue weighted by molar-refractivity contribution is 0.0697. The zero-order valence-corrected chi connectivity index (χ0v) is 11.9. The highest BCUT2D eigenvalue weighted by Crippen LogP contribution is 2.26. The van der Waals surface area contributed by atoms with Gasteiger partial charge in [0.15, 0.2) is 0 Å². The van der Waals surface area contributed by atoms with Crippen molar-refractivity contribution in [2.24, 2.45) is 0 Å². The average Bonchev–Trinajstić information content (AvgIpc) is 2.47. The molecule has 1 aromatic heterocycles. The normalized spacial score (nSPS) is 10.3. The van der Waals surface area contributed by atoms with Crippen molar-refractivity contribution in [2.45, 2.75) is 20.3 Å². The van der Waals surface area contributed by atoms with Gasteiger partial charge in [-0.3, -0.25) is 0 Å². The van der Waals surface area contributed by atoms with Crippen molar-refractivity contribution in [3.8, 4) is 11.3 Å². The van der Waals surface area contributed by atoms with Crippen molar-refractivity contribution in [1.82, 2.24) is 4.98 Å². The number of aryl methyl sites for hydroxylation is 2. The number of aromatic nitrogens is 1. The van der Waals surface area contributed by atoms with E-state index in [1.54, 1.807) is 13.1 Å². The van der Waals surface area contributed by atoms with Crippen molar-refractivity contribution in [1.29, 1.82) is 0 Å². The van der Waals surface area contributed by atoms with E-state index in [9.17, 15) is 9.90 Å². The van der Waals surface area contributed by atoms with Gasteiger partial charge in [-0.25, -0.2) is 9.78 Å². The Bertz CT molecular complexity index is 634. The van der Waals surface area contributed by atoms with Gasteiger partial charge in [0, 0.05) is 12.6 Å². The number of nitrogens with zero attached hydrogens (tertiary/aromatic N) is 1. The number of nitrogens with one attached hydrogen (secondary N) is 1. The fraction of sp³-hybridized carbons (Fsp3) is 0.250. The monoisotopic (exact) mass is 270 g/mol. The van der Waals surface area contributed by atoms with Crippen LogP contribution in [0.5, 0.6) is 0 Å². The SMILES string of the molecule is CCc1ccc(-c2nc(NC)c(C(=O)O)cc2C)cc1. The van der Waals surface area contributed by atoms with Gasteiger partial charge in [0.05, 0.1) is 5.69 Å². The average molecular weight is 270 g/mol. The van der Waals surface area contributed by atoms with Gasteiger partial charge in [0.25, 0.3) is 0 Å². The van der Waals surface area contributed by atoms with Gasteiger partial charge in [-0.2, -0.15) is 0 Å². The molecule has 0 unspecified atom stereocenters. The maximum atomic E-state index is 11.2. The van der Waals surface area contributed by atoms with E-state index in [2.05, 4.69) is 29.4 Å². The Morgan fingerprint density at radius 2 is 1.95 bits per heavy atom. The second-order valence-corrected chi connectivity index (χ2v) is 4.66. The van der Waals surface area contributed by atoms with E-state index in [4.69, 9.17) is 0 Å². The first-order valence-corrected chi connectivity index (χ1v) is 6.58. The molecular weight excluding hydrogens is 252 g/mol. The molecule has 2 rings (SSSR count). The summed E-state index contributed by atoms with van der Waals surface area (Å²) in [7, 11) is 1.67. The van der Waals surface area contributed by atoms with E-state index in [-0.39, 0.29) is 5.56 Å². The lowest BCUT2D eigenvalue weighted by Gasteiger charge is -2.11. The summed E-state index contributed by atoms with van der Waals surface area (Å²) in [5.74, 6) is -0.588. The Morgan fingerprint density at radius 3 is 2.45 bits per heavy atom. The number of hydrogen-bond donors (Lipinski definition) is 2. The maximum Gasteiger partial charge on any atom is 0.339 e. The molecule has 1 heterocycles. The molecule has 4 nitrogen and oxygen atoms in total. The van der Waals surface area contributed by atoms with Gasteiger partial charge in [-0.15, -0.1) is 0 Å². The van der Waals surface area contributed by atoms with Gasteiger partial charge in [-0.1, -0.05) is 31.2 Å². The Balaban J connectivity index is 2.53. The number of anilines is 1. The van der Waals surface area contributed by atoms with Gasteiger partial charge in [-0.05, 0) is 30.5 Å².